The quantitative estimate of drug-likeness (QED) is 0.272. The Morgan fingerprint density at radius 3 is 1.68 bits per heavy atom. The van der Waals surface area contributed by atoms with E-state index in [0.29, 0.717) is 0 Å². The SMILES string of the molecule is CCCOC(OCCC)[Si]CCCN([Si](C)(C)C)[Si](C)(C)C. The average molecular weight is 362 g/mol. The van der Waals surface area contributed by atoms with Gasteiger partial charge in [-0.15, -0.1) is 0 Å². The Morgan fingerprint density at radius 2 is 1.32 bits per heavy atom. The Bertz CT molecular complexity index is 256. The van der Waals surface area contributed by atoms with Gasteiger partial charge in [-0.2, -0.15) is 0 Å². The first-order valence-corrected chi connectivity index (χ1v) is 17.0. The van der Waals surface area contributed by atoms with Crippen molar-refractivity contribution >= 4 is 26.0 Å². The van der Waals surface area contributed by atoms with Gasteiger partial charge in [0.15, 0.2) is 0 Å². The fraction of sp³-hybridized carbons (Fsp3) is 1.00. The summed E-state index contributed by atoms with van der Waals surface area (Å²) in [5.41, 5.74) is 0. The highest BCUT2D eigenvalue weighted by Crippen LogP contribution is 2.20. The summed E-state index contributed by atoms with van der Waals surface area (Å²) >= 11 is 0. The lowest BCUT2D eigenvalue weighted by molar-refractivity contribution is -0.0904. The molecular weight excluding hydrogens is 322 g/mol. The largest absolute Gasteiger partial charge is 0.357 e. The molecule has 22 heavy (non-hydrogen) atoms. The van der Waals surface area contributed by atoms with Crippen molar-refractivity contribution in [3.8, 4) is 0 Å². The minimum atomic E-state index is -1.21. The summed E-state index contributed by atoms with van der Waals surface area (Å²) in [6.07, 6.45) is 3.40. The van der Waals surface area contributed by atoms with Crippen LogP contribution in [0.1, 0.15) is 33.1 Å². The van der Waals surface area contributed by atoms with Crippen molar-refractivity contribution < 1.29 is 9.47 Å². The lowest BCUT2D eigenvalue weighted by Crippen LogP contribution is -2.59. The lowest BCUT2D eigenvalue weighted by atomic mass is 10.5. The monoisotopic (exact) mass is 361 g/mol. The molecule has 0 aliphatic rings. The first kappa shape index (κ1) is 22.5. The normalized spacial score (nSPS) is 13.4. The van der Waals surface area contributed by atoms with Crippen LogP contribution >= 0.6 is 0 Å². The highest BCUT2D eigenvalue weighted by atomic mass is 28.4. The van der Waals surface area contributed by atoms with Crippen LogP contribution in [0.4, 0.5) is 0 Å². The summed E-state index contributed by atoms with van der Waals surface area (Å²) in [7, 11) is -1.64. The molecule has 0 aromatic rings. The molecule has 0 heterocycles. The van der Waals surface area contributed by atoms with Crippen LogP contribution in [0, 0.1) is 0 Å². The van der Waals surface area contributed by atoms with Crippen LogP contribution in [-0.2, 0) is 9.47 Å². The van der Waals surface area contributed by atoms with Gasteiger partial charge in [0.2, 0.25) is 0 Å². The van der Waals surface area contributed by atoms with Crippen molar-refractivity contribution in [1.29, 1.82) is 0 Å². The van der Waals surface area contributed by atoms with E-state index in [4.69, 9.17) is 9.47 Å². The number of hydrogen-bond donors (Lipinski definition) is 0. The van der Waals surface area contributed by atoms with Gasteiger partial charge >= 0.3 is 0 Å². The lowest BCUT2D eigenvalue weighted by Gasteiger charge is -2.43. The Labute approximate surface area is 144 Å². The molecular formula is C16H39NO2Si3. The maximum atomic E-state index is 5.83. The highest BCUT2D eigenvalue weighted by molar-refractivity contribution is 6.89. The van der Waals surface area contributed by atoms with Crippen LogP contribution in [0.15, 0.2) is 0 Å². The van der Waals surface area contributed by atoms with Gasteiger partial charge in [-0.05, 0) is 25.8 Å². The van der Waals surface area contributed by atoms with Crippen molar-refractivity contribution in [2.24, 2.45) is 0 Å². The topological polar surface area (TPSA) is 21.7 Å². The van der Waals surface area contributed by atoms with Crippen molar-refractivity contribution in [1.82, 2.24) is 4.23 Å². The molecule has 3 nitrogen and oxygen atoms in total. The van der Waals surface area contributed by atoms with Crippen LogP contribution in [0.3, 0.4) is 0 Å². The zero-order chi connectivity index (χ0) is 17.2. The van der Waals surface area contributed by atoms with Gasteiger partial charge in [0.1, 0.15) is 31.9 Å². The second-order valence-corrected chi connectivity index (χ2v) is 19.5. The fourth-order valence-corrected chi connectivity index (χ4v) is 13.5. The molecule has 0 amide bonds. The van der Waals surface area contributed by atoms with Gasteiger partial charge in [-0.1, -0.05) is 59.2 Å². The molecule has 0 fully saturated rings. The fourth-order valence-electron chi connectivity index (χ4n) is 2.75. The molecule has 0 aliphatic carbocycles. The van der Waals surface area contributed by atoms with E-state index in [1.807, 2.05) is 0 Å². The molecule has 6 heteroatoms. The molecule has 0 saturated carbocycles. The van der Waals surface area contributed by atoms with Crippen LogP contribution in [-0.4, -0.2) is 55.9 Å². The Hall–Kier alpha value is 0.531. The highest BCUT2D eigenvalue weighted by Gasteiger charge is 2.33. The van der Waals surface area contributed by atoms with Gasteiger partial charge in [-0.3, -0.25) is 0 Å². The minimum Gasteiger partial charge on any atom is -0.357 e. The third-order valence-electron chi connectivity index (χ3n) is 3.44. The van der Waals surface area contributed by atoms with Crippen molar-refractivity contribution in [2.45, 2.75) is 84.3 Å². The van der Waals surface area contributed by atoms with Crippen molar-refractivity contribution in [3.05, 3.63) is 0 Å². The molecule has 132 valence electrons. The van der Waals surface area contributed by atoms with E-state index in [1.165, 1.54) is 19.0 Å². The third-order valence-corrected chi connectivity index (χ3v) is 12.5. The van der Waals surface area contributed by atoms with Crippen molar-refractivity contribution in [3.63, 3.8) is 0 Å². The Morgan fingerprint density at radius 1 is 0.864 bits per heavy atom. The first-order valence-electron chi connectivity index (χ1n) is 8.87. The molecule has 0 rings (SSSR count). The van der Waals surface area contributed by atoms with E-state index in [2.05, 4.69) is 57.4 Å². The molecule has 0 N–H and O–H groups in total. The van der Waals surface area contributed by atoms with Crippen LogP contribution in [0.5, 0.6) is 0 Å². The zero-order valence-electron chi connectivity index (χ0n) is 16.3. The van der Waals surface area contributed by atoms with Crippen LogP contribution in [0.25, 0.3) is 0 Å². The zero-order valence-corrected chi connectivity index (χ0v) is 19.3. The van der Waals surface area contributed by atoms with Crippen LogP contribution < -0.4 is 0 Å². The van der Waals surface area contributed by atoms with Crippen molar-refractivity contribution in [2.75, 3.05) is 19.8 Å². The van der Waals surface area contributed by atoms with E-state index in [9.17, 15) is 0 Å². The molecule has 2 radical (unpaired) electrons. The Kier molecular flexibility index (Phi) is 11.4. The molecule has 0 spiro atoms. The standard InChI is InChI=1S/C16H39NO2Si3/c1-9-13-18-16(19-14-10-2)20-15-11-12-17(21(3,4)5)22(6,7)8/h16H,9-15H2,1-8H3. The summed E-state index contributed by atoms with van der Waals surface area (Å²) < 4.78 is 14.5. The van der Waals surface area contributed by atoms with Gasteiger partial charge < -0.3 is 13.7 Å². The second kappa shape index (κ2) is 11.1. The van der Waals surface area contributed by atoms with E-state index < -0.39 is 16.5 Å². The summed E-state index contributed by atoms with van der Waals surface area (Å²) in [6, 6.07) is 1.23. The number of nitrogens with zero attached hydrogens (tertiary/aromatic N) is 1. The predicted molar refractivity (Wildman–Crippen MR) is 105 cm³/mol. The van der Waals surface area contributed by atoms with E-state index in [0.717, 1.165) is 35.6 Å². The molecule has 0 aromatic carbocycles. The first-order chi connectivity index (χ1) is 10.1. The van der Waals surface area contributed by atoms with E-state index >= 15 is 0 Å². The maximum absolute atomic E-state index is 5.83. The van der Waals surface area contributed by atoms with Crippen LogP contribution in [0.2, 0.25) is 45.3 Å². The minimum absolute atomic E-state index is 0.0344. The molecule has 0 bridgehead atoms. The molecule has 0 atom stereocenters. The molecule has 0 aliphatic heterocycles. The summed E-state index contributed by atoms with van der Waals surface area (Å²) in [5, 5.41) is 0. The number of rotatable bonds is 13. The summed E-state index contributed by atoms with van der Waals surface area (Å²) in [6.45, 7) is 22.1. The molecule has 0 aromatic heterocycles. The van der Waals surface area contributed by atoms with Gasteiger partial charge in [0.05, 0.1) is 0 Å². The Balaban J connectivity index is 4.23. The van der Waals surface area contributed by atoms with E-state index in [-0.39, 0.29) is 5.91 Å². The van der Waals surface area contributed by atoms with E-state index in [1.54, 1.807) is 0 Å². The number of ether oxygens (including phenoxy) is 2. The molecule has 0 unspecified atom stereocenters. The average Bonchev–Trinajstić information content (AvgIpc) is 2.37. The number of hydrogen-bond acceptors (Lipinski definition) is 3. The predicted octanol–water partition coefficient (Wildman–Crippen LogP) is 4.61. The summed E-state index contributed by atoms with van der Waals surface area (Å²) in [5.74, 6) is 0.0344. The van der Waals surface area contributed by atoms with Gasteiger partial charge in [-0.25, -0.2) is 0 Å². The summed E-state index contributed by atoms with van der Waals surface area (Å²) in [4.78, 5) is 0. The third kappa shape index (κ3) is 10.3. The van der Waals surface area contributed by atoms with Gasteiger partial charge in [0, 0.05) is 13.2 Å². The second-order valence-electron chi connectivity index (χ2n) is 7.87. The maximum Gasteiger partial charge on any atom is 0.137 e. The molecule has 0 saturated heterocycles. The smallest absolute Gasteiger partial charge is 0.137 e. The van der Waals surface area contributed by atoms with Gasteiger partial charge in [0.25, 0.3) is 0 Å².